The largest absolute Gasteiger partial charge is 0.470 e. The van der Waals surface area contributed by atoms with Crippen molar-refractivity contribution < 1.29 is 43.5 Å². The Kier molecular flexibility index (Phi) is 6.70. The molecule has 6 N–H and O–H groups in total. The summed E-state index contributed by atoms with van der Waals surface area (Å²) in [4.78, 5) is 41.4. The van der Waals surface area contributed by atoms with Gasteiger partial charge in [-0.25, -0.2) is 9.55 Å². The lowest BCUT2D eigenvalue weighted by Gasteiger charge is -2.20. The molecular formula is C18H21N6O10P. The molecule has 0 unspecified atom stereocenters. The Balaban J connectivity index is 1.69. The fourth-order valence-corrected chi connectivity index (χ4v) is 4.37. The van der Waals surface area contributed by atoms with E-state index >= 15 is 0 Å². The molecule has 0 aliphatic carbocycles. The van der Waals surface area contributed by atoms with Crippen molar-refractivity contribution >= 4 is 30.6 Å². The molecule has 188 valence electrons. The number of phosphoric ester groups is 1. The first-order valence-electron chi connectivity index (χ1n) is 10.1. The number of hydrogen-bond donors (Lipinski definition) is 5. The van der Waals surface area contributed by atoms with Gasteiger partial charge in [0.25, 0.3) is 5.69 Å². The Morgan fingerprint density at radius 1 is 1.34 bits per heavy atom. The molecule has 1 aromatic carbocycles. The highest BCUT2D eigenvalue weighted by Gasteiger charge is 2.48. The highest BCUT2D eigenvalue weighted by molar-refractivity contribution is 7.46. The summed E-state index contributed by atoms with van der Waals surface area (Å²) in [5.41, 5.74) is 6.04. The van der Waals surface area contributed by atoms with Gasteiger partial charge in [0.05, 0.1) is 23.4 Å². The second-order valence-electron chi connectivity index (χ2n) is 7.59. The topological polar surface area (TPSA) is 238 Å². The van der Waals surface area contributed by atoms with E-state index in [4.69, 9.17) is 25.0 Å². The molecule has 1 saturated heterocycles. The summed E-state index contributed by atoms with van der Waals surface area (Å²) in [5.74, 6) is -0.357. The number of aliphatic hydroxyl groups excluding tert-OH is 2. The van der Waals surface area contributed by atoms with E-state index in [-0.39, 0.29) is 34.2 Å². The van der Waals surface area contributed by atoms with Crippen molar-refractivity contribution in [3.8, 4) is 5.88 Å². The van der Waals surface area contributed by atoms with Crippen LogP contribution in [0.1, 0.15) is 24.8 Å². The molecule has 17 heteroatoms. The first kappa shape index (κ1) is 24.9. The van der Waals surface area contributed by atoms with E-state index in [1.165, 1.54) is 29.1 Å². The van der Waals surface area contributed by atoms with Crippen LogP contribution in [-0.4, -0.2) is 69.4 Å². The monoisotopic (exact) mass is 512 g/mol. The Bertz CT molecular complexity index is 1300. The van der Waals surface area contributed by atoms with Crippen LogP contribution in [0, 0.1) is 10.1 Å². The number of nitrogen functional groups attached to an aromatic ring is 1. The van der Waals surface area contributed by atoms with Gasteiger partial charge >= 0.3 is 7.82 Å². The lowest BCUT2D eigenvalue weighted by atomic mass is 10.1. The summed E-state index contributed by atoms with van der Waals surface area (Å²) >= 11 is 0. The highest BCUT2D eigenvalue weighted by Crippen LogP contribution is 2.44. The molecule has 3 heterocycles. The third kappa shape index (κ3) is 4.94. The summed E-state index contributed by atoms with van der Waals surface area (Å²) < 4.78 is 28.5. The van der Waals surface area contributed by atoms with Crippen LogP contribution >= 0.6 is 7.82 Å². The smallest absolute Gasteiger partial charge is 0.468 e. The average molecular weight is 512 g/mol. The molecule has 0 saturated carbocycles. The van der Waals surface area contributed by atoms with Gasteiger partial charge in [0.1, 0.15) is 24.4 Å². The Labute approximate surface area is 196 Å². The standard InChI is InChI=1S/C18H21N6O10P/c1-8(9-4-2-3-5-10(9)24(27)28)32-16-12-15(21-18(19)22-16)23(7-20-12)17-13(26)14(11(6-25)33-17)34-35(29,30)31/h2-5,7-8,11,13-14,17,25-26H,6H2,1H3,(H2,19,21,22)(H2,29,30,31)/t8-,11+,13+,14+,17+/m0/s1. The van der Waals surface area contributed by atoms with Gasteiger partial charge in [-0.1, -0.05) is 12.1 Å². The molecule has 1 aliphatic rings. The van der Waals surface area contributed by atoms with Crippen molar-refractivity contribution in [3.05, 3.63) is 46.3 Å². The van der Waals surface area contributed by atoms with Crippen LogP contribution < -0.4 is 10.5 Å². The third-order valence-corrected chi connectivity index (χ3v) is 5.81. The van der Waals surface area contributed by atoms with E-state index < -0.39 is 50.0 Å². The average Bonchev–Trinajstić information content (AvgIpc) is 3.33. The van der Waals surface area contributed by atoms with Crippen molar-refractivity contribution in [3.63, 3.8) is 0 Å². The lowest BCUT2D eigenvalue weighted by Crippen LogP contribution is -2.35. The number of anilines is 1. The second kappa shape index (κ2) is 9.43. The zero-order valence-corrected chi connectivity index (χ0v) is 18.9. The molecule has 16 nitrogen and oxygen atoms in total. The SMILES string of the molecule is C[C@H](Oc1nc(N)nc2c1ncn2[C@@H]1O[C@H](CO)[C@@H](OP(=O)(O)O)[C@H]1O)c1ccccc1[N+](=O)[O-]. The van der Waals surface area contributed by atoms with Crippen LogP contribution in [0.2, 0.25) is 0 Å². The number of nitrogens with two attached hydrogens (primary N) is 1. The number of aliphatic hydroxyl groups is 2. The summed E-state index contributed by atoms with van der Waals surface area (Å²) in [6.45, 7) is 0.868. The fraction of sp³-hybridized carbons (Fsp3) is 0.389. The normalized spacial score (nSPS) is 23.5. The Morgan fingerprint density at radius 3 is 2.71 bits per heavy atom. The summed E-state index contributed by atoms with van der Waals surface area (Å²) in [6, 6.07) is 6.00. The second-order valence-corrected chi connectivity index (χ2v) is 8.78. The van der Waals surface area contributed by atoms with E-state index in [0.717, 1.165) is 0 Å². The molecule has 0 spiro atoms. The van der Waals surface area contributed by atoms with Gasteiger partial charge in [0, 0.05) is 6.07 Å². The number of para-hydroxylation sites is 1. The van der Waals surface area contributed by atoms with Crippen LogP contribution in [0.15, 0.2) is 30.6 Å². The maximum Gasteiger partial charge on any atom is 0.470 e. The van der Waals surface area contributed by atoms with Crippen molar-refractivity contribution in [1.82, 2.24) is 19.5 Å². The number of rotatable bonds is 8. The van der Waals surface area contributed by atoms with Gasteiger partial charge < -0.3 is 35.2 Å². The van der Waals surface area contributed by atoms with Crippen molar-refractivity contribution in [2.45, 2.75) is 37.6 Å². The first-order valence-corrected chi connectivity index (χ1v) is 11.6. The van der Waals surface area contributed by atoms with E-state index in [0.29, 0.717) is 0 Å². The fourth-order valence-electron chi connectivity index (χ4n) is 3.79. The summed E-state index contributed by atoms with van der Waals surface area (Å²) in [6.07, 6.45) is -5.42. The number of imidazole rings is 1. The van der Waals surface area contributed by atoms with Gasteiger partial charge in [-0.3, -0.25) is 19.2 Å². The van der Waals surface area contributed by atoms with Gasteiger partial charge in [-0.15, -0.1) is 0 Å². The van der Waals surface area contributed by atoms with Crippen LogP contribution in [0.5, 0.6) is 5.88 Å². The molecule has 3 aromatic rings. The number of ether oxygens (including phenoxy) is 2. The van der Waals surface area contributed by atoms with E-state index in [9.17, 15) is 24.9 Å². The zero-order valence-electron chi connectivity index (χ0n) is 18.0. The number of benzene rings is 1. The van der Waals surface area contributed by atoms with Crippen LogP contribution in [0.4, 0.5) is 11.6 Å². The maximum absolute atomic E-state index is 11.4. The van der Waals surface area contributed by atoms with Crippen molar-refractivity contribution in [1.29, 1.82) is 0 Å². The lowest BCUT2D eigenvalue weighted by molar-refractivity contribution is -0.386. The van der Waals surface area contributed by atoms with Gasteiger partial charge in [-0.2, -0.15) is 9.97 Å². The highest BCUT2D eigenvalue weighted by atomic mass is 31.2. The van der Waals surface area contributed by atoms with Gasteiger partial charge in [0.2, 0.25) is 11.8 Å². The number of hydrogen-bond acceptors (Lipinski definition) is 12. The number of phosphoric acid groups is 1. The minimum absolute atomic E-state index is 0.0276. The molecule has 1 aliphatic heterocycles. The minimum atomic E-state index is -5.02. The van der Waals surface area contributed by atoms with Crippen LogP contribution in [-0.2, 0) is 13.8 Å². The van der Waals surface area contributed by atoms with Crippen LogP contribution in [0.25, 0.3) is 11.2 Å². The molecule has 0 bridgehead atoms. The quantitative estimate of drug-likeness (QED) is 0.154. The molecule has 2 aromatic heterocycles. The Hall–Kier alpha value is -3.24. The number of nitro groups is 1. The molecule has 1 fully saturated rings. The molecule has 0 amide bonds. The number of nitrogens with zero attached hydrogens (tertiary/aromatic N) is 5. The van der Waals surface area contributed by atoms with E-state index in [1.54, 1.807) is 13.0 Å². The molecule has 35 heavy (non-hydrogen) atoms. The van der Waals surface area contributed by atoms with Gasteiger partial charge in [-0.05, 0) is 13.0 Å². The number of aromatic nitrogens is 4. The predicted octanol–water partition coefficient (Wildman–Crippen LogP) is 0.185. The first-order chi connectivity index (χ1) is 16.5. The predicted molar refractivity (Wildman–Crippen MR) is 116 cm³/mol. The van der Waals surface area contributed by atoms with Crippen LogP contribution in [0.3, 0.4) is 0 Å². The van der Waals surface area contributed by atoms with Gasteiger partial charge in [0.15, 0.2) is 17.4 Å². The van der Waals surface area contributed by atoms with Crippen molar-refractivity contribution in [2.75, 3.05) is 12.3 Å². The van der Waals surface area contributed by atoms with E-state index in [2.05, 4.69) is 19.5 Å². The van der Waals surface area contributed by atoms with Crippen molar-refractivity contribution in [2.24, 2.45) is 0 Å². The number of fused-ring (bicyclic) bond motifs is 1. The Morgan fingerprint density at radius 2 is 2.06 bits per heavy atom. The third-order valence-electron chi connectivity index (χ3n) is 5.29. The minimum Gasteiger partial charge on any atom is -0.468 e. The summed E-state index contributed by atoms with van der Waals surface area (Å²) in [5, 5.41) is 31.5. The molecule has 4 rings (SSSR count). The summed E-state index contributed by atoms with van der Waals surface area (Å²) in [7, 11) is -5.02. The molecular weight excluding hydrogens is 491 g/mol. The molecule has 5 atom stereocenters. The zero-order chi connectivity index (χ0) is 25.5. The molecule has 0 radical (unpaired) electrons. The van der Waals surface area contributed by atoms with E-state index in [1.807, 2.05) is 0 Å². The number of nitro benzene ring substituents is 1. The maximum atomic E-state index is 11.4.